The van der Waals surface area contributed by atoms with Crippen molar-refractivity contribution in [2.24, 2.45) is 11.8 Å². The molecule has 2 saturated heterocycles. The van der Waals surface area contributed by atoms with Crippen LogP contribution in [0, 0.1) is 35.1 Å². The predicted octanol–water partition coefficient (Wildman–Crippen LogP) is 11.9. The molecule has 0 radical (unpaired) electrons. The van der Waals surface area contributed by atoms with E-state index in [-0.39, 0.29) is 51.8 Å². The van der Waals surface area contributed by atoms with Gasteiger partial charge < -0.3 is 25.2 Å². The first-order chi connectivity index (χ1) is 32.6. The number of nitrogens with one attached hydrogen (secondary N) is 2. The van der Waals surface area contributed by atoms with E-state index in [9.17, 15) is 31.9 Å². The standard InChI is InChI=1S/C24H28F2N2OS.C15H13BrF2S.C14H24N2O3/c25-20-7-3-17(4-8-20)23(18-5-9-21(26)10-6-18)30-16-13-27-22-11-14-28(15-12-22)24(29)19-1-2-19;16-9-10-19-15(11-1-5-13(17)6-2-11)12-3-7-14(18)8-4-12;1-14(2,3)19-13(18)15-11-6-8-16(9-7-11)12(17)10-4-5-10/h3-10,19,22-23,27H,1-2,11-16H2;1-8,15H,9-10H2;10-11H,4-9H2,1-3H3,(H,15,18). The molecule has 2 heterocycles. The average molecular weight is 1040 g/mol. The molecule has 0 aromatic heterocycles. The van der Waals surface area contributed by atoms with E-state index in [0.29, 0.717) is 23.8 Å². The van der Waals surface area contributed by atoms with Crippen molar-refractivity contribution in [2.75, 3.05) is 49.6 Å². The number of alkyl halides is 1. The zero-order valence-corrected chi connectivity index (χ0v) is 42.5. The summed E-state index contributed by atoms with van der Waals surface area (Å²) in [5, 5.41) is 7.52. The van der Waals surface area contributed by atoms with Crippen LogP contribution in [0.2, 0.25) is 0 Å². The summed E-state index contributed by atoms with van der Waals surface area (Å²) in [5.41, 5.74) is 3.62. The van der Waals surface area contributed by atoms with E-state index in [1.165, 1.54) is 48.5 Å². The fourth-order valence-electron chi connectivity index (χ4n) is 8.12. The summed E-state index contributed by atoms with van der Waals surface area (Å²) in [6.45, 7) is 9.62. The Kier molecular flexibility index (Phi) is 20.6. The largest absolute Gasteiger partial charge is 0.444 e. The summed E-state index contributed by atoms with van der Waals surface area (Å²) in [4.78, 5) is 39.7. The SMILES string of the molecule is CC(C)(C)OC(=O)NC1CCN(C(=O)C2CC2)CC1.Fc1ccc(C(SCCBr)c2ccc(F)cc2)cc1.O=C(C1CC1)N1CCC(NCCSC(c2ccc(F)cc2)c2ccc(F)cc2)CC1. The maximum atomic E-state index is 13.4. The van der Waals surface area contributed by atoms with Gasteiger partial charge >= 0.3 is 6.09 Å². The van der Waals surface area contributed by atoms with Crippen molar-refractivity contribution in [1.82, 2.24) is 20.4 Å². The second-order valence-electron chi connectivity index (χ2n) is 18.7. The molecule has 368 valence electrons. The second-order valence-corrected chi connectivity index (χ2v) is 22.0. The fourth-order valence-corrected chi connectivity index (χ4v) is 10.9. The number of hydrogen-bond donors (Lipinski definition) is 2. The molecule has 4 fully saturated rings. The zero-order valence-electron chi connectivity index (χ0n) is 39.2. The highest BCUT2D eigenvalue weighted by atomic mass is 79.9. The Labute approximate surface area is 416 Å². The van der Waals surface area contributed by atoms with Crippen molar-refractivity contribution in [3.63, 3.8) is 0 Å². The van der Waals surface area contributed by atoms with E-state index in [0.717, 1.165) is 123 Å². The monoisotopic (exact) mass is 1040 g/mol. The quantitative estimate of drug-likeness (QED) is 0.0696. The van der Waals surface area contributed by atoms with Crippen LogP contribution in [0.3, 0.4) is 0 Å². The summed E-state index contributed by atoms with van der Waals surface area (Å²) >= 11 is 6.93. The first-order valence-electron chi connectivity index (χ1n) is 23.8. The topological polar surface area (TPSA) is 91.0 Å². The number of rotatable bonds is 15. The maximum absolute atomic E-state index is 13.4. The fraction of sp³-hybridized carbons (Fsp3) is 0.491. The molecule has 2 N–H and O–H groups in total. The molecular weight excluding hydrogens is 977 g/mol. The minimum Gasteiger partial charge on any atom is -0.444 e. The number of carbonyl (C=O) groups excluding carboxylic acids is 3. The number of carbonyl (C=O) groups is 3. The van der Waals surface area contributed by atoms with E-state index in [1.54, 1.807) is 72.1 Å². The number of amides is 3. The van der Waals surface area contributed by atoms with Crippen molar-refractivity contribution in [2.45, 2.75) is 100 Å². The van der Waals surface area contributed by atoms with Crippen LogP contribution < -0.4 is 10.6 Å². The number of thioether (sulfide) groups is 2. The van der Waals surface area contributed by atoms with Crippen molar-refractivity contribution in [3.05, 3.63) is 143 Å². The Hall–Kier alpha value is -4.05. The third-order valence-corrected chi connectivity index (χ3v) is 15.6. The molecule has 8 nitrogen and oxygen atoms in total. The molecule has 2 aliphatic heterocycles. The van der Waals surface area contributed by atoms with E-state index < -0.39 is 5.60 Å². The summed E-state index contributed by atoms with van der Waals surface area (Å²) in [7, 11) is 0. The zero-order chi connectivity index (χ0) is 48.6. The van der Waals surface area contributed by atoms with E-state index >= 15 is 0 Å². The normalized spacial score (nSPS) is 16.7. The molecular formula is C53H65BrF4N4O4S2. The van der Waals surface area contributed by atoms with Crippen LogP contribution in [-0.4, -0.2) is 95.0 Å². The van der Waals surface area contributed by atoms with Gasteiger partial charge in [-0.1, -0.05) is 64.5 Å². The van der Waals surface area contributed by atoms with Gasteiger partial charge in [0.05, 0.1) is 10.5 Å². The molecule has 68 heavy (non-hydrogen) atoms. The van der Waals surface area contributed by atoms with E-state index in [2.05, 4.69) is 26.6 Å². The van der Waals surface area contributed by atoms with Crippen LogP contribution in [-0.2, 0) is 14.3 Å². The van der Waals surface area contributed by atoms with Crippen LogP contribution >= 0.6 is 39.5 Å². The van der Waals surface area contributed by atoms with Crippen LogP contribution in [0.1, 0.15) is 105 Å². The number of alkyl carbamates (subject to hydrolysis) is 1. The first-order valence-corrected chi connectivity index (χ1v) is 27.0. The Morgan fingerprint density at radius 1 is 0.574 bits per heavy atom. The van der Waals surface area contributed by atoms with Gasteiger partial charge in [0.25, 0.3) is 0 Å². The molecule has 4 aliphatic rings. The minimum absolute atomic E-state index is 0.0333. The number of piperidine rings is 2. The van der Waals surface area contributed by atoms with Gasteiger partial charge in [0.1, 0.15) is 28.9 Å². The van der Waals surface area contributed by atoms with Gasteiger partial charge in [-0.2, -0.15) is 0 Å². The lowest BCUT2D eigenvalue weighted by molar-refractivity contribution is -0.134. The second kappa shape index (κ2) is 26.2. The average Bonchev–Trinajstić information content (AvgIpc) is 4.27. The Bertz CT molecular complexity index is 2090. The molecule has 2 saturated carbocycles. The van der Waals surface area contributed by atoms with Crippen molar-refractivity contribution in [3.8, 4) is 0 Å². The van der Waals surface area contributed by atoms with Crippen molar-refractivity contribution < 1.29 is 36.7 Å². The van der Waals surface area contributed by atoms with Gasteiger partial charge in [-0.3, -0.25) is 9.59 Å². The molecule has 2 aliphatic carbocycles. The smallest absolute Gasteiger partial charge is 0.407 e. The lowest BCUT2D eigenvalue weighted by atomic mass is 10.0. The van der Waals surface area contributed by atoms with Gasteiger partial charge in [0.2, 0.25) is 11.8 Å². The van der Waals surface area contributed by atoms with Gasteiger partial charge in [-0.15, -0.1) is 23.5 Å². The maximum Gasteiger partial charge on any atom is 0.407 e. The third-order valence-electron chi connectivity index (χ3n) is 12.1. The molecule has 4 aromatic rings. The summed E-state index contributed by atoms with van der Waals surface area (Å²) in [5.74, 6) is 2.07. The van der Waals surface area contributed by atoms with Gasteiger partial charge in [0.15, 0.2) is 0 Å². The van der Waals surface area contributed by atoms with Crippen molar-refractivity contribution >= 4 is 57.4 Å². The minimum atomic E-state index is -0.466. The molecule has 4 aromatic carbocycles. The number of hydrogen-bond acceptors (Lipinski definition) is 7. The van der Waals surface area contributed by atoms with Crippen LogP contribution in [0.5, 0.6) is 0 Å². The van der Waals surface area contributed by atoms with Crippen LogP contribution in [0.4, 0.5) is 22.4 Å². The Morgan fingerprint density at radius 2 is 0.912 bits per heavy atom. The third kappa shape index (κ3) is 17.7. The van der Waals surface area contributed by atoms with E-state index in [1.807, 2.05) is 30.6 Å². The summed E-state index contributed by atoms with van der Waals surface area (Å²) < 4.78 is 57.9. The molecule has 0 unspecified atom stereocenters. The Morgan fingerprint density at radius 3 is 1.24 bits per heavy atom. The van der Waals surface area contributed by atoms with E-state index in [4.69, 9.17) is 4.74 Å². The van der Waals surface area contributed by atoms with Crippen molar-refractivity contribution in [1.29, 1.82) is 0 Å². The lowest BCUT2D eigenvalue weighted by Crippen LogP contribution is -2.48. The number of benzene rings is 4. The number of ether oxygens (including phenoxy) is 1. The number of halogens is 5. The molecule has 0 bridgehead atoms. The molecule has 8 rings (SSSR count). The van der Waals surface area contributed by atoms with Gasteiger partial charge in [-0.25, -0.2) is 22.4 Å². The van der Waals surface area contributed by atoms with Crippen LogP contribution in [0.15, 0.2) is 97.1 Å². The lowest BCUT2D eigenvalue weighted by Gasteiger charge is -2.33. The molecule has 0 atom stereocenters. The number of likely N-dealkylation sites (tertiary alicyclic amines) is 2. The first kappa shape index (κ1) is 53.3. The number of nitrogens with zero attached hydrogens (tertiary/aromatic N) is 2. The highest BCUT2D eigenvalue weighted by molar-refractivity contribution is 9.09. The van der Waals surface area contributed by atoms with Gasteiger partial charge in [0, 0.05) is 73.5 Å². The highest BCUT2D eigenvalue weighted by Gasteiger charge is 2.36. The summed E-state index contributed by atoms with van der Waals surface area (Å²) in [6, 6.07) is 26.6. The molecule has 3 amide bonds. The molecule has 15 heteroatoms. The molecule has 0 spiro atoms. The van der Waals surface area contributed by atoms with Crippen LogP contribution in [0.25, 0.3) is 0 Å². The Balaban J connectivity index is 0.000000176. The van der Waals surface area contributed by atoms with Gasteiger partial charge in [-0.05, 0) is 143 Å². The highest BCUT2D eigenvalue weighted by Crippen LogP contribution is 2.38. The predicted molar refractivity (Wildman–Crippen MR) is 270 cm³/mol. The summed E-state index contributed by atoms with van der Waals surface area (Å²) in [6.07, 6.45) is 7.51.